The van der Waals surface area contributed by atoms with Crippen molar-refractivity contribution in [2.45, 2.75) is 36.6 Å². The van der Waals surface area contributed by atoms with E-state index in [0.29, 0.717) is 6.42 Å². The van der Waals surface area contributed by atoms with Crippen molar-refractivity contribution < 1.29 is 21.6 Å². The molecule has 4 atom stereocenters. The van der Waals surface area contributed by atoms with Gasteiger partial charge in [-0.2, -0.15) is 18.4 Å². The van der Waals surface area contributed by atoms with Crippen molar-refractivity contribution in [3.05, 3.63) is 42.0 Å². The van der Waals surface area contributed by atoms with Crippen molar-refractivity contribution in [2.75, 3.05) is 10.8 Å². The Morgan fingerprint density at radius 3 is 2.74 bits per heavy atom. The summed E-state index contributed by atoms with van der Waals surface area (Å²) >= 11 is 0. The Hall–Kier alpha value is -2.01. The number of fused-ring (bicyclic) bond motifs is 5. The van der Waals surface area contributed by atoms with Crippen LogP contribution in [0.4, 0.5) is 18.9 Å². The molecule has 0 N–H and O–H groups in total. The van der Waals surface area contributed by atoms with E-state index in [0.717, 1.165) is 35.7 Å². The fraction of sp³-hybridized carbons (Fsp3) is 0.526. The van der Waals surface area contributed by atoms with Crippen LogP contribution < -0.4 is 4.31 Å². The molecule has 1 saturated heterocycles. The molecule has 3 fully saturated rings. The van der Waals surface area contributed by atoms with E-state index in [-0.39, 0.29) is 30.0 Å². The zero-order valence-corrected chi connectivity index (χ0v) is 15.4. The molecule has 0 unspecified atom stereocenters. The predicted molar refractivity (Wildman–Crippen MR) is 94.3 cm³/mol. The van der Waals surface area contributed by atoms with E-state index in [1.165, 1.54) is 12.1 Å². The van der Waals surface area contributed by atoms with Gasteiger partial charge in [-0.05, 0) is 55.7 Å². The number of rotatable bonds is 3. The highest BCUT2D eigenvalue weighted by atomic mass is 32.2. The number of benzene rings is 1. The van der Waals surface area contributed by atoms with Crippen LogP contribution >= 0.6 is 0 Å². The van der Waals surface area contributed by atoms with E-state index in [1.807, 2.05) is 0 Å². The quantitative estimate of drug-likeness (QED) is 0.723. The SMILES string of the molecule is C=CC[C@@]12[C@H]3CC[C@@H](C3)[C@@H]1CN(c1ccc(C#N)c(C(F)(F)F)c1)S2(=O)=O. The van der Waals surface area contributed by atoms with Crippen molar-refractivity contribution in [3.63, 3.8) is 0 Å². The molecule has 4 rings (SSSR count). The summed E-state index contributed by atoms with van der Waals surface area (Å²) in [4.78, 5) is 0. The van der Waals surface area contributed by atoms with Gasteiger partial charge in [0.1, 0.15) is 4.75 Å². The third-order valence-electron chi connectivity index (χ3n) is 6.67. The van der Waals surface area contributed by atoms with Crippen molar-refractivity contribution >= 4 is 15.7 Å². The second kappa shape index (κ2) is 5.74. The zero-order valence-electron chi connectivity index (χ0n) is 14.5. The summed E-state index contributed by atoms with van der Waals surface area (Å²) in [7, 11) is -3.84. The number of anilines is 1. The molecule has 2 aliphatic carbocycles. The minimum atomic E-state index is -4.72. The van der Waals surface area contributed by atoms with Crippen LogP contribution in [0.5, 0.6) is 0 Å². The lowest BCUT2D eigenvalue weighted by Gasteiger charge is -2.36. The van der Waals surface area contributed by atoms with Crippen LogP contribution in [0, 0.1) is 29.1 Å². The van der Waals surface area contributed by atoms with E-state index in [2.05, 4.69) is 6.58 Å². The number of allylic oxidation sites excluding steroid dienone is 1. The smallest absolute Gasteiger partial charge is 0.269 e. The first-order chi connectivity index (χ1) is 12.7. The van der Waals surface area contributed by atoms with Crippen molar-refractivity contribution in [1.82, 2.24) is 0 Å². The highest BCUT2D eigenvalue weighted by molar-refractivity contribution is 7.94. The molecule has 144 valence electrons. The normalized spacial score (nSPS) is 33.7. The van der Waals surface area contributed by atoms with Gasteiger partial charge in [-0.3, -0.25) is 4.31 Å². The molecule has 0 aromatic heterocycles. The Balaban J connectivity index is 1.83. The van der Waals surface area contributed by atoms with E-state index < -0.39 is 32.1 Å². The molecular formula is C19H19F3N2O2S. The van der Waals surface area contributed by atoms with E-state index >= 15 is 0 Å². The van der Waals surface area contributed by atoms with Gasteiger partial charge in [0.15, 0.2) is 0 Å². The molecule has 8 heteroatoms. The largest absolute Gasteiger partial charge is 0.417 e. The van der Waals surface area contributed by atoms with Gasteiger partial charge in [0, 0.05) is 12.5 Å². The Morgan fingerprint density at radius 2 is 2.11 bits per heavy atom. The number of sulfonamides is 1. The van der Waals surface area contributed by atoms with E-state index in [9.17, 15) is 21.6 Å². The maximum Gasteiger partial charge on any atom is 0.417 e. The lowest BCUT2D eigenvalue weighted by Crippen LogP contribution is -2.47. The molecule has 0 spiro atoms. The molecular weight excluding hydrogens is 377 g/mol. The Kier molecular flexibility index (Phi) is 3.90. The number of alkyl halides is 3. The summed E-state index contributed by atoms with van der Waals surface area (Å²) in [6.07, 6.45) is -0.109. The van der Waals surface area contributed by atoms with Crippen molar-refractivity contribution in [2.24, 2.45) is 17.8 Å². The van der Waals surface area contributed by atoms with Gasteiger partial charge >= 0.3 is 6.18 Å². The molecule has 1 aromatic carbocycles. The van der Waals surface area contributed by atoms with E-state index in [1.54, 1.807) is 6.08 Å². The third kappa shape index (κ3) is 2.30. The summed E-state index contributed by atoms with van der Waals surface area (Å²) in [6, 6.07) is 4.68. The van der Waals surface area contributed by atoms with Crippen LogP contribution in [0.2, 0.25) is 0 Å². The summed E-state index contributed by atoms with van der Waals surface area (Å²) in [6.45, 7) is 3.92. The molecule has 3 aliphatic rings. The van der Waals surface area contributed by atoms with Crippen LogP contribution in [0.25, 0.3) is 0 Å². The third-order valence-corrected chi connectivity index (χ3v) is 9.38. The lowest BCUT2D eigenvalue weighted by molar-refractivity contribution is -0.137. The summed E-state index contributed by atoms with van der Waals surface area (Å²) in [5.74, 6) is 0.223. The molecule has 2 saturated carbocycles. The minimum absolute atomic E-state index is 0.0152. The van der Waals surface area contributed by atoms with Crippen molar-refractivity contribution in [1.29, 1.82) is 5.26 Å². The molecule has 27 heavy (non-hydrogen) atoms. The van der Waals surface area contributed by atoms with Crippen LogP contribution in [0.3, 0.4) is 0 Å². The monoisotopic (exact) mass is 396 g/mol. The first-order valence-corrected chi connectivity index (χ1v) is 10.4. The van der Waals surface area contributed by atoms with Gasteiger partial charge in [-0.25, -0.2) is 8.42 Å². The standard InChI is InChI=1S/C19H19F3N2O2S/c1-2-7-18-14-5-3-12(8-14)17(18)11-24(27(18,25)26)15-6-4-13(10-23)16(9-15)19(20,21)22/h2,4,6,9,12,14,17H,1,3,5,7-8,11H2/t12-,14-,17-,18+/m0/s1. The highest BCUT2D eigenvalue weighted by Gasteiger charge is 2.69. The first kappa shape index (κ1) is 18.4. The van der Waals surface area contributed by atoms with Crippen LogP contribution in [0.1, 0.15) is 36.8 Å². The topological polar surface area (TPSA) is 61.2 Å². The van der Waals surface area contributed by atoms with E-state index in [4.69, 9.17) is 5.26 Å². The number of halogens is 3. The van der Waals surface area contributed by atoms with Gasteiger partial charge in [-0.1, -0.05) is 6.08 Å². The number of nitriles is 1. The Bertz CT molecular complexity index is 951. The highest BCUT2D eigenvalue weighted by Crippen LogP contribution is 2.64. The van der Waals surface area contributed by atoms with Crippen molar-refractivity contribution in [3.8, 4) is 6.07 Å². The summed E-state index contributed by atoms with van der Waals surface area (Å²) in [5, 5.41) is 8.97. The van der Waals surface area contributed by atoms with Gasteiger partial charge in [-0.15, -0.1) is 6.58 Å². The molecule has 1 aliphatic heterocycles. The molecule has 1 aromatic rings. The average molecular weight is 396 g/mol. The molecule has 1 heterocycles. The lowest BCUT2D eigenvalue weighted by atomic mass is 9.76. The van der Waals surface area contributed by atoms with Crippen LogP contribution in [-0.4, -0.2) is 19.7 Å². The van der Waals surface area contributed by atoms with Crippen LogP contribution in [-0.2, 0) is 16.2 Å². The maximum absolute atomic E-state index is 13.5. The maximum atomic E-state index is 13.5. The Morgan fingerprint density at radius 1 is 1.37 bits per heavy atom. The summed E-state index contributed by atoms with van der Waals surface area (Å²) < 4.78 is 67.2. The second-order valence-electron chi connectivity index (χ2n) is 7.70. The van der Waals surface area contributed by atoms with Gasteiger partial charge in [0.2, 0.25) is 10.0 Å². The Labute approximate surface area is 156 Å². The average Bonchev–Trinajstić information content (AvgIpc) is 3.25. The number of hydrogen-bond donors (Lipinski definition) is 0. The first-order valence-electron chi connectivity index (χ1n) is 8.91. The van der Waals surface area contributed by atoms with Gasteiger partial charge < -0.3 is 0 Å². The second-order valence-corrected chi connectivity index (χ2v) is 9.85. The number of hydrogen-bond acceptors (Lipinski definition) is 3. The zero-order chi connectivity index (χ0) is 19.6. The molecule has 0 radical (unpaired) electrons. The predicted octanol–water partition coefficient (Wildman–Crippen LogP) is 4.09. The summed E-state index contributed by atoms with van der Waals surface area (Å²) in [5.41, 5.74) is -1.63. The fourth-order valence-electron chi connectivity index (χ4n) is 5.63. The molecule has 2 bridgehead atoms. The minimum Gasteiger partial charge on any atom is -0.269 e. The van der Waals surface area contributed by atoms with Gasteiger partial charge in [0.05, 0.1) is 22.9 Å². The number of nitrogens with zero attached hydrogens (tertiary/aromatic N) is 2. The van der Waals surface area contributed by atoms with Crippen LogP contribution in [0.15, 0.2) is 30.9 Å². The van der Waals surface area contributed by atoms with Gasteiger partial charge in [0.25, 0.3) is 0 Å². The molecule has 4 nitrogen and oxygen atoms in total. The molecule has 0 amide bonds. The fourth-order valence-corrected chi connectivity index (χ4v) is 8.40.